The highest BCUT2D eigenvalue weighted by Crippen LogP contribution is 2.17. The number of rotatable bonds is 3. The first kappa shape index (κ1) is 11.2. The predicted octanol–water partition coefficient (Wildman–Crippen LogP) is 1.77. The molecule has 4 nitrogen and oxygen atoms in total. The molecular formula is C12H17NO3. The predicted molar refractivity (Wildman–Crippen MR) is 60.4 cm³/mol. The molecule has 88 valence electrons. The monoisotopic (exact) mass is 223 g/mol. The summed E-state index contributed by atoms with van der Waals surface area (Å²) in [6, 6.07) is 1.87. The molecule has 1 saturated carbocycles. The van der Waals surface area contributed by atoms with Crippen molar-refractivity contribution in [3.8, 4) is 5.75 Å². The summed E-state index contributed by atoms with van der Waals surface area (Å²) >= 11 is 0. The zero-order valence-electron chi connectivity index (χ0n) is 9.24. The molecule has 0 bridgehead atoms. The van der Waals surface area contributed by atoms with Crippen LogP contribution in [0.1, 0.15) is 37.9 Å². The SMILES string of the molecule is O=c1cc(CNC2CCCCC2)occ1O. The van der Waals surface area contributed by atoms with Gasteiger partial charge in [0.25, 0.3) is 0 Å². The van der Waals surface area contributed by atoms with Gasteiger partial charge in [-0.15, -0.1) is 0 Å². The first-order chi connectivity index (χ1) is 7.75. The van der Waals surface area contributed by atoms with E-state index in [9.17, 15) is 4.79 Å². The Labute approximate surface area is 94.3 Å². The second kappa shape index (κ2) is 5.16. The summed E-state index contributed by atoms with van der Waals surface area (Å²) in [7, 11) is 0. The molecule has 2 N–H and O–H groups in total. The van der Waals surface area contributed by atoms with Crippen molar-refractivity contribution in [3.05, 3.63) is 28.3 Å². The summed E-state index contributed by atoms with van der Waals surface area (Å²) in [6.07, 6.45) is 7.37. The zero-order valence-corrected chi connectivity index (χ0v) is 9.24. The highest BCUT2D eigenvalue weighted by Gasteiger charge is 2.13. The van der Waals surface area contributed by atoms with Crippen LogP contribution in [0.15, 0.2) is 21.5 Å². The van der Waals surface area contributed by atoms with Crippen molar-refractivity contribution in [2.75, 3.05) is 0 Å². The van der Waals surface area contributed by atoms with Crippen LogP contribution in [0.4, 0.5) is 0 Å². The molecule has 1 aliphatic carbocycles. The van der Waals surface area contributed by atoms with Crippen LogP contribution in [-0.4, -0.2) is 11.1 Å². The molecule has 16 heavy (non-hydrogen) atoms. The molecule has 0 amide bonds. The van der Waals surface area contributed by atoms with Crippen LogP contribution in [-0.2, 0) is 6.54 Å². The smallest absolute Gasteiger partial charge is 0.226 e. The minimum atomic E-state index is -0.383. The number of aromatic hydroxyl groups is 1. The van der Waals surface area contributed by atoms with Gasteiger partial charge in [-0.2, -0.15) is 0 Å². The summed E-state index contributed by atoms with van der Waals surface area (Å²) in [4.78, 5) is 11.2. The van der Waals surface area contributed by atoms with Gasteiger partial charge >= 0.3 is 0 Å². The van der Waals surface area contributed by atoms with Crippen LogP contribution >= 0.6 is 0 Å². The third kappa shape index (κ3) is 2.85. The largest absolute Gasteiger partial charge is 0.502 e. The maximum absolute atomic E-state index is 11.2. The molecular weight excluding hydrogens is 206 g/mol. The van der Waals surface area contributed by atoms with E-state index < -0.39 is 0 Å². The van der Waals surface area contributed by atoms with E-state index in [0.29, 0.717) is 18.3 Å². The lowest BCUT2D eigenvalue weighted by atomic mass is 9.95. The molecule has 0 saturated heterocycles. The molecule has 0 spiro atoms. The van der Waals surface area contributed by atoms with Crippen molar-refractivity contribution in [2.24, 2.45) is 0 Å². The van der Waals surface area contributed by atoms with E-state index in [2.05, 4.69) is 5.32 Å². The Kier molecular flexibility index (Phi) is 3.62. The Bertz CT molecular complexity index is 393. The minimum Gasteiger partial charge on any atom is -0.502 e. The van der Waals surface area contributed by atoms with Crippen LogP contribution in [0, 0.1) is 0 Å². The number of nitrogens with one attached hydrogen (secondary N) is 1. The quantitative estimate of drug-likeness (QED) is 0.819. The van der Waals surface area contributed by atoms with E-state index in [1.165, 1.54) is 38.2 Å². The fourth-order valence-electron chi connectivity index (χ4n) is 2.09. The summed E-state index contributed by atoms with van der Waals surface area (Å²) in [5.74, 6) is 0.245. The maximum Gasteiger partial charge on any atom is 0.226 e. The van der Waals surface area contributed by atoms with Crippen molar-refractivity contribution >= 4 is 0 Å². The normalized spacial score (nSPS) is 17.5. The summed E-state index contributed by atoms with van der Waals surface area (Å²) in [6.45, 7) is 0.556. The second-order valence-corrected chi connectivity index (χ2v) is 4.31. The average Bonchev–Trinajstić information content (AvgIpc) is 2.32. The van der Waals surface area contributed by atoms with Gasteiger partial charge in [-0.1, -0.05) is 19.3 Å². The van der Waals surface area contributed by atoms with Gasteiger partial charge in [-0.3, -0.25) is 4.79 Å². The molecule has 2 rings (SSSR count). The molecule has 1 aromatic rings. The van der Waals surface area contributed by atoms with Gasteiger partial charge in [0, 0.05) is 12.1 Å². The van der Waals surface area contributed by atoms with Crippen molar-refractivity contribution in [1.29, 1.82) is 0 Å². The van der Waals surface area contributed by atoms with Gasteiger partial charge in [-0.05, 0) is 12.8 Å². The molecule has 0 atom stereocenters. The lowest BCUT2D eigenvalue weighted by Gasteiger charge is -2.22. The topological polar surface area (TPSA) is 62.5 Å². The Hall–Kier alpha value is -1.29. The second-order valence-electron chi connectivity index (χ2n) is 4.31. The molecule has 1 heterocycles. The molecule has 1 aliphatic rings. The Balaban J connectivity index is 1.88. The summed E-state index contributed by atoms with van der Waals surface area (Å²) in [5.41, 5.74) is -0.383. The molecule has 0 aromatic carbocycles. The van der Waals surface area contributed by atoms with Crippen LogP contribution in [0.2, 0.25) is 0 Å². The Morgan fingerprint density at radius 1 is 1.38 bits per heavy atom. The molecule has 0 aliphatic heterocycles. The molecule has 4 heteroatoms. The fraction of sp³-hybridized carbons (Fsp3) is 0.583. The average molecular weight is 223 g/mol. The minimum absolute atomic E-state index is 0.332. The summed E-state index contributed by atoms with van der Waals surface area (Å²) in [5, 5.41) is 12.4. The van der Waals surface area contributed by atoms with Gasteiger partial charge in [0.2, 0.25) is 5.43 Å². The first-order valence-corrected chi connectivity index (χ1v) is 5.80. The zero-order chi connectivity index (χ0) is 11.4. The summed E-state index contributed by atoms with van der Waals surface area (Å²) < 4.78 is 5.12. The van der Waals surface area contributed by atoms with E-state index in [1.54, 1.807) is 0 Å². The Morgan fingerprint density at radius 2 is 2.12 bits per heavy atom. The van der Waals surface area contributed by atoms with E-state index in [-0.39, 0.29) is 11.2 Å². The van der Waals surface area contributed by atoms with Gasteiger partial charge in [0.1, 0.15) is 12.0 Å². The van der Waals surface area contributed by atoms with Gasteiger partial charge in [-0.25, -0.2) is 0 Å². The highest BCUT2D eigenvalue weighted by atomic mass is 16.4. The van der Waals surface area contributed by atoms with Gasteiger partial charge in [0.05, 0.1) is 6.54 Å². The Morgan fingerprint density at radius 3 is 2.81 bits per heavy atom. The maximum atomic E-state index is 11.2. The van der Waals surface area contributed by atoms with Crippen molar-refractivity contribution in [1.82, 2.24) is 5.32 Å². The molecule has 1 fully saturated rings. The molecule has 0 radical (unpaired) electrons. The van der Waals surface area contributed by atoms with E-state index >= 15 is 0 Å². The van der Waals surface area contributed by atoms with Gasteiger partial charge < -0.3 is 14.8 Å². The van der Waals surface area contributed by atoms with Crippen LogP contribution in [0.5, 0.6) is 5.75 Å². The van der Waals surface area contributed by atoms with Crippen LogP contribution < -0.4 is 10.7 Å². The van der Waals surface area contributed by atoms with Crippen LogP contribution in [0.3, 0.4) is 0 Å². The van der Waals surface area contributed by atoms with E-state index in [4.69, 9.17) is 9.52 Å². The molecule has 0 unspecified atom stereocenters. The van der Waals surface area contributed by atoms with Crippen molar-refractivity contribution in [2.45, 2.75) is 44.7 Å². The number of hydrogen-bond acceptors (Lipinski definition) is 4. The molecule has 1 aromatic heterocycles. The van der Waals surface area contributed by atoms with E-state index in [0.717, 1.165) is 6.26 Å². The van der Waals surface area contributed by atoms with Crippen molar-refractivity contribution < 1.29 is 9.52 Å². The van der Waals surface area contributed by atoms with Crippen LogP contribution in [0.25, 0.3) is 0 Å². The first-order valence-electron chi connectivity index (χ1n) is 5.80. The lowest BCUT2D eigenvalue weighted by Crippen LogP contribution is -2.30. The third-order valence-electron chi connectivity index (χ3n) is 3.04. The van der Waals surface area contributed by atoms with Gasteiger partial charge in [0.15, 0.2) is 5.75 Å². The standard InChI is InChI=1S/C12H17NO3/c14-11-6-10(16-8-12(11)15)7-13-9-4-2-1-3-5-9/h6,8-9,13,15H,1-5,7H2. The number of hydrogen-bond donors (Lipinski definition) is 2. The highest BCUT2D eigenvalue weighted by molar-refractivity contribution is 5.15. The van der Waals surface area contributed by atoms with E-state index in [1.807, 2.05) is 0 Å². The fourth-order valence-corrected chi connectivity index (χ4v) is 2.09. The lowest BCUT2D eigenvalue weighted by molar-refractivity contribution is 0.348. The third-order valence-corrected chi connectivity index (χ3v) is 3.04. The van der Waals surface area contributed by atoms with Crippen molar-refractivity contribution in [3.63, 3.8) is 0 Å².